The minimum absolute atomic E-state index is 0.00258. The smallest absolute Gasteiger partial charge is 0.251 e. The van der Waals surface area contributed by atoms with Crippen molar-refractivity contribution >= 4 is 5.91 Å². The molecule has 0 unspecified atom stereocenters. The van der Waals surface area contributed by atoms with Crippen LogP contribution in [0.25, 0.3) is 11.1 Å². The van der Waals surface area contributed by atoms with Gasteiger partial charge in [-0.05, 0) is 17.7 Å². The molecule has 3 rings (SSSR count). The first-order valence-corrected chi connectivity index (χ1v) is 7.29. The molecule has 2 aromatic rings. The summed E-state index contributed by atoms with van der Waals surface area (Å²) in [6.07, 6.45) is 0. The molecule has 0 spiro atoms. The summed E-state index contributed by atoms with van der Waals surface area (Å²) in [4.78, 5) is 12.5. The fraction of sp³-hybridized carbons (Fsp3) is 0.278. The second kappa shape index (κ2) is 5.89. The molecule has 1 aliphatic heterocycles. The van der Waals surface area contributed by atoms with E-state index in [0.29, 0.717) is 36.4 Å². The summed E-state index contributed by atoms with van der Waals surface area (Å²) in [6, 6.07) is 13.6. The predicted octanol–water partition coefficient (Wildman–Crippen LogP) is 3.26. The van der Waals surface area contributed by atoms with Crippen LogP contribution in [0.1, 0.15) is 17.3 Å². The van der Waals surface area contributed by atoms with Crippen LogP contribution in [-0.2, 0) is 4.74 Å². The van der Waals surface area contributed by atoms with Gasteiger partial charge in [-0.25, -0.2) is 4.39 Å². The van der Waals surface area contributed by atoms with E-state index in [4.69, 9.17) is 4.74 Å². The highest BCUT2D eigenvalue weighted by Crippen LogP contribution is 2.28. The monoisotopic (exact) mass is 299 g/mol. The summed E-state index contributed by atoms with van der Waals surface area (Å²) in [5.74, 6) is -0.519. The van der Waals surface area contributed by atoms with Gasteiger partial charge in [-0.15, -0.1) is 0 Å². The predicted molar refractivity (Wildman–Crippen MR) is 83.1 cm³/mol. The zero-order valence-electron chi connectivity index (χ0n) is 12.4. The van der Waals surface area contributed by atoms with Gasteiger partial charge >= 0.3 is 0 Å². The Morgan fingerprint density at radius 3 is 2.41 bits per heavy atom. The molecule has 0 atom stereocenters. The van der Waals surface area contributed by atoms with Crippen LogP contribution in [0.15, 0.2) is 48.5 Å². The van der Waals surface area contributed by atoms with Gasteiger partial charge in [-0.3, -0.25) is 4.79 Å². The van der Waals surface area contributed by atoms with E-state index in [1.54, 1.807) is 42.5 Å². The van der Waals surface area contributed by atoms with Crippen LogP contribution in [0.5, 0.6) is 0 Å². The Balaban J connectivity index is 1.85. The van der Waals surface area contributed by atoms with Gasteiger partial charge in [0.05, 0.1) is 13.2 Å². The Morgan fingerprint density at radius 1 is 1.14 bits per heavy atom. The Bertz CT molecular complexity index is 695. The van der Waals surface area contributed by atoms with Crippen LogP contribution in [0.2, 0.25) is 0 Å². The molecule has 0 radical (unpaired) electrons. The highest BCUT2D eigenvalue weighted by atomic mass is 19.1. The number of benzene rings is 2. The number of hydrogen-bond donors (Lipinski definition) is 1. The second-order valence-electron chi connectivity index (χ2n) is 6.01. The van der Waals surface area contributed by atoms with Crippen LogP contribution in [0, 0.1) is 11.2 Å². The van der Waals surface area contributed by atoms with Crippen molar-refractivity contribution in [3.05, 3.63) is 59.9 Å². The molecule has 1 saturated heterocycles. The zero-order valence-corrected chi connectivity index (χ0v) is 12.4. The fourth-order valence-electron chi connectivity index (χ4n) is 2.54. The molecule has 1 fully saturated rings. The number of carbonyl (C=O) groups excluding carboxylic acids is 1. The third-order valence-corrected chi connectivity index (χ3v) is 3.91. The fourth-order valence-corrected chi connectivity index (χ4v) is 2.54. The van der Waals surface area contributed by atoms with E-state index in [0.717, 1.165) is 0 Å². The van der Waals surface area contributed by atoms with Gasteiger partial charge in [-0.2, -0.15) is 0 Å². The van der Waals surface area contributed by atoms with E-state index in [1.165, 1.54) is 6.07 Å². The van der Waals surface area contributed by atoms with Crippen molar-refractivity contribution in [1.82, 2.24) is 5.32 Å². The van der Waals surface area contributed by atoms with E-state index in [9.17, 15) is 9.18 Å². The quantitative estimate of drug-likeness (QED) is 0.941. The maximum atomic E-state index is 14.0. The highest BCUT2D eigenvalue weighted by Gasteiger charge is 2.33. The van der Waals surface area contributed by atoms with Crippen LogP contribution >= 0.6 is 0 Å². The van der Waals surface area contributed by atoms with E-state index < -0.39 is 0 Å². The maximum absolute atomic E-state index is 14.0. The van der Waals surface area contributed by atoms with Crippen molar-refractivity contribution in [1.29, 1.82) is 0 Å². The van der Waals surface area contributed by atoms with E-state index in [2.05, 4.69) is 12.2 Å². The topological polar surface area (TPSA) is 38.3 Å². The molecule has 0 aromatic heterocycles. The third kappa shape index (κ3) is 2.88. The summed E-state index contributed by atoms with van der Waals surface area (Å²) in [7, 11) is 0. The largest absolute Gasteiger partial charge is 0.380 e. The molecule has 0 aliphatic carbocycles. The Kier molecular flexibility index (Phi) is 3.94. The van der Waals surface area contributed by atoms with Gasteiger partial charge in [0.2, 0.25) is 0 Å². The van der Waals surface area contributed by atoms with Gasteiger partial charge in [0.15, 0.2) is 0 Å². The van der Waals surface area contributed by atoms with Crippen molar-refractivity contribution in [2.75, 3.05) is 19.8 Å². The molecule has 2 aromatic carbocycles. The maximum Gasteiger partial charge on any atom is 0.251 e. The lowest BCUT2D eigenvalue weighted by molar-refractivity contribution is -0.0978. The Hall–Kier alpha value is -2.20. The molecule has 1 heterocycles. The van der Waals surface area contributed by atoms with E-state index in [1.807, 2.05) is 0 Å². The Labute approximate surface area is 129 Å². The minimum Gasteiger partial charge on any atom is -0.380 e. The number of hydrogen-bond acceptors (Lipinski definition) is 2. The lowest BCUT2D eigenvalue weighted by atomic mass is 9.88. The Morgan fingerprint density at radius 2 is 1.77 bits per heavy atom. The van der Waals surface area contributed by atoms with Gasteiger partial charge in [0, 0.05) is 23.1 Å². The molecule has 3 nitrogen and oxygen atoms in total. The van der Waals surface area contributed by atoms with Crippen molar-refractivity contribution in [3.63, 3.8) is 0 Å². The minimum atomic E-state index is -0.331. The number of halogens is 1. The number of nitrogens with one attached hydrogen (secondary N) is 1. The first kappa shape index (κ1) is 14.7. The lowest BCUT2D eigenvalue weighted by Crippen LogP contribution is -2.48. The number of amides is 1. The number of rotatable bonds is 4. The van der Waals surface area contributed by atoms with Crippen LogP contribution in [0.4, 0.5) is 4.39 Å². The van der Waals surface area contributed by atoms with Gasteiger partial charge in [-0.1, -0.05) is 43.3 Å². The normalized spacial score (nSPS) is 15.9. The van der Waals surface area contributed by atoms with Crippen molar-refractivity contribution in [3.8, 4) is 11.1 Å². The molecule has 1 N–H and O–H groups in total. The standard InChI is InChI=1S/C18H18FNO2/c1-18(11-22-12-18)10-20-17(21)15-8-3-2-6-13(15)14-7-4-5-9-16(14)19/h2-9H,10-12H2,1H3,(H,20,21). The summed E-state index contributed by atoms with van der Waals surface area (Å²) < 4.78 is 19.2. The van der Waals surface area contributed by atoms with Crippen molar-refractivity contribution in [2.24, 2.45) is 5.41 Å². The molecule has 0 bridgehead atoms. The average Bonchev–Trinajstić information content (AvgIpc) is 2.51. The lowest BCUT2D eigenvalue weighted by Gasteiger charge is -2.38. The molecule has 1 aliphatic rings. The first-order chi connectivity index (χ1) is 10.6. The second-order valence-corrected chi connectivity index (χ2v) is 6.01. The number of ether oxygens (including phenoxy) is 1. The summed E-state index contributed by atoms with van der Waals surface area (Å²) in [5, 5.41) is 2.93. The SMILES string of the molecule is CC1(CNC(=O)c2ccccc2-c2ccccc2F)COC1. The summed E-state index contributed by atoms with van der Waals surface area (Å²) >= 11 is 0. The van der Waals surface area contributed by atoms with E-state index >= 15 is 0 Å². The number of carbonyl (C=O) groups is 1. The zero-order chi connectivity index (χ0) is 15.6. The average molecular weight is 299 g/mol. The van der Waals surface area contributed by atoms with E-state index in [-0.39, 0.29) is 17.1 Å². The molecule has 0 saturated carbocycles. The van der Waals surface area contributed by atoms with Crippen LogP contribution < -0.4 is 5.32 Å². The summed E-state index contributed by atoms with van der Waals surface area (Å²) in [5.41, 5.74) is 1.53. The van der Waals surface area contributed by atoms with Crippen molar-refractivity contribution in [2.45, 2.75) is 6.92 Å². The first-order valence-electron chi connectivity index (χ1n) is 7.29. The molecular formula is C18H18FNO2. The van der Waals surface area contributed by atoms with Gasteiger partial charge in [0.1, 0.15) is 5.82 Å². The van der Waals surface area contributed by atoms with Crippen molar-refractivity contribution < 1.29 is 13.9 Å². The molecule has 1 amide bonds. The summed E-state index contributed by atoms with van der Waals surface area (Å²) in [6.45, 7) is 3.93. The molecule has 4 heteroatoms. The van der Waals surface area contributed by atoms with Crippen LogP contribution in [0.3, 0.4) is 0 Å². The molecule has 114 valence electrons. The van der Waals surface area contributed by atoms with Gasteiger partial charge < -0.3 is 10.1 Å². The molecular weight excluding hydrogens is 281 g/mol. The highest BCUT2D eigenvalue weighted by molar-refractivity contribution is 6.00. The third-order valence-electron chi connectivity index (χ3n) is 3.91. The van der Waals surface area contributed by atoms with Gasteiger partial charge in [0.25, 0.3) is 5.91 Å². The van der Waals surface area contributed by atoms with Crippen LogP contribution in [-0.4, -0.2) is 25.7 Å². The molecule has 22 heavy (non-hydrogen) atoms.